The van der Waals surface area contributed by atoms with Crippen LogP contribution in [0.3, 0.4) is 0 Å². The molecule has 0 spiro atoms. The number of para-hydroxylation sites is 1. The summed E-state index contributed by atoms with van der Waals surface area (Å²) in [4.78, 5) is 4.53. The van der Waals surface area contributed by atoms with Crippen molar-refractivity contribution in [2.45, 2.75) is 13.5 Å². The van der Waals surface area contributed by atoms with Crippen molar-refractivity contribution in [2.75, 3.05) is 0 Å². The molecule has 1 aromatic carbocycles. The third-order valence-corrected chi connectivity index (χ3v) is 3.21. The second-order valence-corrected chi connectivity index (χ2v) is 4.57. The van der Waals surface area contributed by atoms with Crippen LogP contribution in [0.2, 0.25) is 0 Å². The second-order valence-electron chi connectivity index (χ2n) is 4.57. The van der Waals surface area contributed by atoms with Crippen molar-refractivity contribution in [1.29, 1.82) is 5.26 Å². The summed E-state index contributed by atoms with van der Waals surface area (Å²) in [6.07, 6.45) is 1.93. The Hall–Kier alpha value is -2.60. The summed E-state index contributed by atoms with van der Waals surface area (Å²) in [5.74, 6) is 0. The monoisotopic (exact) mass is 247 g/mol. The van der Waals surface area contributed by atoms with Crippen LogP contribution in [0.4, 0.5) is 0 Å². The van der Waals surface area contributed by atoms with E-state index in [1.165, 1.54) is 5.56 Å². The Morgan fingerprint density at radius 3 is 2.89 bits per heavy atom. The van der Waals surface area contributed by atoms with E-state index in [2.05, 4.69) is 23.2 Å². The molecule has 0 aliphatic rings. The minimum atomic E-state index is 0.679. The zero-order valence-corrected chi connectivity index (χ0v) is 10.7. The van der Waals surface area contributed by atoms with Crippen molar-refractivity contribution in [3.63, 3.8) is 0 Å². The summed E-state index contributed by atoms with van der Waals surface area (Å²) >= 11 is 0. The van der Waals surface area contributed by atoms with Gasteiger partial charge in [0.15, 0.2) is 0 Å². The van der Waals surface area contributed by atoms with Gasteiger partial charge in [0.05, 0.1) is 5.52 Å². The minimum Gasteiger partial charge on any atom is -0.335 e. The topological polar surface area (TPSA) is 41.6 Å². The molecule has 0 saturated heterocycles. The van der Waals surface area contributed by atoms with Crippen LogP contribution in [0.25, 0.3) is 10.9 Å². The number of aryl methyl sites for hydroxylation is 1. The first-order valence-electron chi connectivity index (χ1n) is 6.18. The summed E-state index contributed by atoms with van der Waals surface area (Å²) in [7, 11) is 0. The molecule has 0 aliphatic carbocycles. The van der Waals surface area contributed by atoms with E-state index in [-0.39, 0.29) is 0 Å². The normalized spacial score (nSPS) is 10.5. The molecule has 3 rings (SSSR count). The van der Waals surface area contributed by atoms with Gasteiger partial charge in [0.2, 0.25) is 0 Å². The van der Waals surface area contributed by atoms with E-state index in [0.29, 0.717) is 12.2 Å². The Labute approximate surface area is 111 Å². The molecule has 3 heteroatoms. The summed E-state index contributed by atoms with van der Waals surface area (Å²) in [5, 5.41) is 10.2. The molecule has 92 valence electrons. The minimum absolute atomic E-state index is 0.679. The number of rotatable bonds is 2. The standard InChI is InChI=1S/C16H13N3/c1-12-9-13(11-19-8-4-5-14(19)10-17)15-6-2-3-7-16(15)18-12/h2-9H,11H2,1H3. The fourth-order valence-corrected chi connectivity index (χ4v) is 2.36. The van der Waals surface area contributed by atoms with Gasteiger partial charge in [-0.15, -0.1) is 0 Å². The lowest BCUT2D eigenvalue weighted by molar-refractivity contribution is 0.797. The molecule has 3 aromatic rings. The van der Waals surface area contributed by atoms with Crippen molar-refractivity contribution in [1.82, 2.24) is 9.55 Å². The van der Waals surface area contributed by atoms with E-state index in [0.717, 1.165) is 16.6 Å². The molecule has 2 heterocycles. The smallest absolute Gasteiger partial charge is 0.120 e. The van der Waals surface area contributed by atoms with Crippen LogP contribution in [0, 0.1) is 18.3 Å². The SMILES string of the molecule is Cc1cc(Cn2cccc2C#N)c2ccccc2n1. The van der Waals surface area contributed by atoms with Gasteiger partial charge < -0.3 is 4.57 Å². The molecule has 0 saturated carbocycles. The highest BCUT2D eigenvalue weighted by atomic mass is 15.0. The first-order valence-corrected chi connectivity index (χ1v) is 6.18. The highest BCUT2D eigenvalue weighted by Crippen LogP contribution is 2.19. The lowest BCUT2D eigenvalue weighted by Gasteiger charge is -2.09. The van der Waals surface area contributed by atoms with E-state index in [1.54, 1.807) is 0 Å². The molecule has 19 heavy (non-hydrogen) atoms. The quantitative estimate of drug-likeness (QED) is 0.697. The number of fused-ring (bicyclic) bond motifs is 1. The lowest BCUT2D eigenvalue weighted by atomic mass is 10.1. The van der Waals surface area contributed by atoms with Crippen LogP contribution in [0.1, 0.15) is 17.0 Å². The van der Waals surface area contributed by atoms with Crippen molar-refractivity contribution >= 4 is 10.9 Å². The van der Waals surface area contributed by atoms with Gasteiger partial charge in [0, 0.05) is 23.8 Å². The van der Waals surface area contributed by atoms with E-state index in [4.69, 9.17) is 5.26 Å². The average Bonchev–Trinajstić information content (AvgIpc) is 2.86. The fourth-order valence-electron chi connectivity index (χ4n) is 2.36. The van der Waals surface area contributed by atoms with Gasteiger partial charge >= 0.3 is 0 Å². The van der Waals surface area contributed by atoms with Gasteiger partial charge in [-0.3, -0.25) is 4.98 Å². The average molecular weight is 247 g/mol. The van der Waals surface area contributed by atoms with E-state index in [9.17, 15) is 0 Å². The molecule has 2 aromatic heterocycles. The van der Waals surface area contributed by atoms with E-state index >= 15 is 0 Å². The maximum Gasteiger partial charge on any atom is 0.120 e. The van der Waals surface area contributed by atoms with Gasteiger partial charge in [0.1, 0.15) is 11.8 Å². The zero-order chi connectivity index (χ0) is 13.2. The van der Waals surface area contributed by atoms with Crippen molar-refractivity contribution in [3.8, 4) is 6.07 Å². The Balaban J connectivity index is 2.13. The van der Waals surface area contributed by atoms with Crippen LogP contribution in [0.5, 0.6) is 0 Å². The highest BCUT2D eigenvalue weighted by molar-refractivity contribution is 5.82. The molecule has 3 nitrogen and oxygen atoms in total. The summed E-state index contributed by atoms with van der Waals surface area (Å²) in [5.41, 5.74) is 3.87. The third-order valence-electron chi connectivity index (χ3n) is 3.21. The number of pyridine rings is 1. The molecule has 0 N–H and O–H groups in total. The summed E-state index contributed by atoms with van der Waals surface area (Å²) < 4.78 is 1.96. The van der Waals surface area contributed by atoms with Gasteiger partial charge in [-0.1, -0.05) is 18.2 Å². The molecular weight excluding hydrogens is 234 g/mol. The number of nitrogens with zero attached hydrogens (tertiary/aromatic N) is 3. The molecule has 0 atom stereocenters. The van der Waals surface area contributed by atoms with Crippen molar-refractivity contribution in [2.24, 2.45) is 0 Å². The number of hydrogen-bond acceptors (Lipinski definition) is 2. The number of benzene rings is 1. The second kappa shape index (κ2) is 4.58. The predicted molar refractivity (Wildman–Crippen MR) is 74.7 cm³/mol. The van der Waals surface area contributed by atoms with Gasteiger partial charge in [-0.25, -0.2) is 0 Å². The van der Waals surface area contributed by atoms with Crippen LogP contribution in [-0.2, 0) is 6.54 Å². The summed E-state index contributed by atoms with van der Waals surface area (Å²) in [6, 6.07) is 16.1. The van der Waals surface area contributed by atoms with Crippen LogP contribution in [0.15, 0.2) is 48.7 Å². The molecule has 0 aliphatic heterocycles. The molecule has 0 amide bonds. The third kappa shape index (κ3) is 2.09. The number of aromatic nitrogens is 2. The van der Waals surface area contributed by atoms with Gasteiger partial charge in [-0.2, -0.15) is 5.26 Å². The van der Waals surface area contributed by atoms with Crippen molar-refractivity contribution in [3.05, 3.63) is 65.6 Å². The van der Waals surface area contributed by atoms with Gasteiger partial charge in [0.25, 0.3) is 0 Å². The van der Waals surface area contributed by atoms with Gasteiger partial charge in [-0.05, 0) is 36.8 Å². The maximum absolute atomic E-state index is 9.07. The molecule has 0 fully saturated rings. The van der Waals surface area contributed by atoms with Crippen LogP contribution in [-0.4, -0.2) is 9.55 Å². The number of hydrogen-bond donors (Lipinski definition) is 0. The molecule has 0 unspecified atom stereocenters. The van der Waals surface area contributed by atoms with Crippen LogP contribution >= 0.6 is 0 Å². The lowest BCUT2D eigenvalue weighted by Crippen LogP contribution is -2.02. The maximum atomic E-state index is 9.07. The van der Waals surface area contributed by atoms with E-state index < -0.39 is 0 Å². The first kappa shape index (κ1) is 11.5. The first-order chi connectivity index (χ1) is 9.28. The highest BCUT2D eigenvalue weighted by Gasteiger charge is 2.06. The van der Waals surface area contributed by atoms with Crippen LogP contribution < -0.4 is 0 Å². The number of nitriles is 1. The molecule has 0 radical (unpaired) electrons. The Bertz CT molecular complexity index is 778. The summed E-state index contributed by atoms with van der Waals surface area (Å²) in [6.45, 7) is 2.69. The fraction of sp³-hybridized carbons (Fsp3) is 0.125. The molecular formula is C16H13N3. The largest absolute Gasteiger partial charge is 0.335 e. The Kier molecular flexibility index (Phi) is 2.77. The molecule has 0 bridgehead atoms. The predicted octanol–water partition coefficient (Wildman–Crippen LogP) is 3.26. The zero-order valence-electron chi connectivity index (χ0n) is 10.7. The van der Waals surface area contributed by atoms with Crippen molar-refractivity contribution < 1.29 is 0 Å². The van der Waals surface area contributed by atoms with E-state index in [1.807, 2.05) is 48.0 Å². The Morgan fingerprint density at radius 1 is 1.21 bits per heavy atom. The Morgan fingerprint density at radius 2 is 2.05 bits per heavy atom.